The van der Waals surface area contributed by atoms with Crippen LogP contribution in [-0.2, 0) is 0 Å². The van der Waals surface area contributed by atoms with Crippen LogP contribution in [0.3, 0.4) is 0 Å². The Balaban J connectivity index is 3.14. The van der Waals surface area contributed by atoms with Gasteiger partial charge in [0, 0.05) is 13.6 Å². The number of hydrogen-bond acceptors (Lipinski definition) is 2. The topological polar surface area (TPSA) is 40.5 Å². The molecule has 1 rings (SSSR count). The predicted molar refractivity (Wildman–Crippen MR) is 66.5 cm³/mol. The Morgan fingerprint density at radius 3 is 2.62 bits per heavy atom. The van der Waals surface area contributed by atoms with E-state index in [1.165, 1.54) is 0 Å². The van der Waals surface area contributed by atoms with Gasteiger partial charge in [-0.3, -0.25) is 0 Å². The van der Waals surface area contributed by atoms with E-state index in [0.717, 1.165) is 6.54 Å². The van der Waals surface area contributed by atoms with Gasteiger partial charge < -0.3 is 10.0 Å². The second kappa shape index (κ2) is 5.21. The molecule has 0 aliphatic rings. The molecule has 0 saturated carbocycles. The van der Waals surface area contributed by atoms with Gasteiger partial charge in [-0.05, 0) is 18.1 Å². The Labute approximate surface area is 101 Å². The molecule has 0 atom stereocenters. The number of halogens is 1. The molecule has 1 aromatic rings. The Morgan fingerprint density at radius 2 is 2.12 bits per heavy atom. The van der Waals surface area contributed by atoms with Crippen molar-refractivity contribution in [1.82, 2.24) is 0 Å². The van der Waals surface area contributed by atoms with E-state index < -0.39 is 5.97 Å². The third-order valence-electron chi connectivity index (χ3n) is 2.24. The van der Waals surface area contributed by atoms with Crippen LogP contribution < -0.4 is 4.90 Å². The first-order valence-electron chi connectivity index (χ1n) is 5.16. The predicted octanol–water partition coefficient (Wildman–Crippen LogP) is 3.13. The summed E-state index contributed by atoms with van der Waals surface area (Å²) < 4.78 is 0. The summed E-state index contributed by atoms with van der Waals surface area (Å²) in [4.78, 5) is 13.0. The number of hydrogen-bond donors (Lipinski definition) is 1. The lowest BCUT2D eigenvalue weighted by molar-refractivity contribution is 0.0697. The van der Waals surface area contributed by atoms with Crippen LogP contribution in [0.2, 0.25) is 5.02 Å². The molecule has 3 nitrogen and oxygen atoms in total. The maximum atomic E-state index is 11.1. The molecule has 0 heterocycles. The van der Waals surface area contributed by atoms with E-state index in [-0.39, 0.29) is 5.56 Å². The van der Waals surface area contributed by atoms with Crippen molar-refractivity contribution in [3.05, 3.63) is 28.8 Å². The van der Waals surface area contributed by atoms with Crippen LogP contribution in [0.5, 0.6) is 0 Å². The SMILES string of the molecule is CC(C)CN(C)c1c(Cl)cccc1C(=O)O. The summed E-state index contributed by atoms with van der Waals surface area (Å²) in [5.74, 6) is -0.504. The summed E-state index contributed by atoms with van der Waals surface area (Å²) in [5, 5.41) is 9.56. The van der Waals surface area contributed by atoms with Gasteiger partial charge in [-0.2, -0.15) is 0 Å². The first-order chi connectivity index (χ1) is 7.43. The van der Waals surface area contributed by atoms with E-state index in [1.807, 2.05) is 11.9 Å². The molecule has 0 unspecified atom stereocenters. The molecule has 0 aliphatic carbocycles. The van der Waals surface area contributed by atoms with Gasteiger partial charge >= 0.3 is 5.97 Å². The highest BCUT2D eigenvalue weighted by Gasteiger charge is 2.16. The molecule has 0 fully saturated rings. The van der Waals surface area contributed by atoms with Crippen LogP contribution >= 0.6 is 11.6 Å². The number of anilines is 1. The van der Waals surface area contributed by atoms with Gasteiger partial charge in [0.05, 0.1) is 16.3 Å². The molecule has 0 saturated heterocycles. The lowest BCUT2D eigenvalue weighted by Gasteiger charge is -2.24. The van der Waals surface area contributed by atoms with Crippen molar-refractivity contribution in [3.8, 4) is 0 Å². The molecule has 1 N–H and O–H groups in total. The monoisotopic (exact) mass is 241 g/mol. The molecule has 0 aliphatic heterocycles. The zero-order chi connectivity index (χ0) is 12.3. The molecular weight excluding hydrogens is 226 g/mol. The largest absolute Gasteiger partial charge is 0.478 e. The number of nitrogens with zero attached hydrogens (tertiary/aromatic N) is 1. The Kier molecular flexibility index (Phi) is 4.19. The fourth-order valence-corrected chi connectivity index (χ4v) is 2.03. The van der Waals surface area contributed by atoms with E-state index >= 15 is 0 Å². The van der Waals surface area contributed by atoms with Gasteiger partial charge in [-0.25, -0.2) is 4.79 Å². The maximum Gasteiger partial charge on any atom is 0.337 e. The van der Waals surface area contributed by atoms with Crippen LogP contribution in [0.25, 0.3) is 0 Å². The molecule has 88 valence electrons. The van der Waals surface area contributed by atoms with Crippen molar-refractivity contribution < 1.29 is 9.90 Å². The van der Waals surface area contributed by atoms with Crippen LogP contribution in [-0.4, -0.2) is 24.7 Å². The summed E-state index contributed by atoms with van der Waals surface area (Å²) in [7, 11) is 1.85. The second-order valence-electron chi connectivity index (χ2n) is 4.22. The van der Waals surface area contributed by atoms with E-state index in [2.05, 4.69) is 13.8 Å². The average molecular weight is 242 g/mol. The van der Waals surface area contributed by atoms with E-state index in [4.69, 9.17) is 16.7 Å². The fourth-order valence-electron chi connectivity index (χ4n) is 1.71. The first-order valence-corrected chi connectivity index (χ1v) is 5.54. The fraction of sp³-hybridized carbons (Fsp3) is 0.417. The van der Waals surface area contributed by atoms with E-state index in [0.29, 0.717) is 16.6 Å². The van der Waals surface area contributed by atoms with Crippen molar-refractivity contribution in [3.63, 3.8) is 0 Å². The van der Waals surface area contributed by atoms with Crippen LogP contribution in [0, 0.1) is 5.92 Å². The summed E-state index contributed by atoms with van der Waals surface area (Å²) in [6.07, 6.45) is 0. The zero-order valence-electron chi connectivity index (χ0n) is 9.70. The quantitative estimate of drug-likeness (QED) is 0.881. The zero-order valence-corrected chi connectivity index (χ0v) is 10.5. The number of carboxylic acids is 1. The van der Waals surface area contributed by atoms with E-state index in [1.54, 1.807) is 18.2 Å². The molecule has 0 amide bonds. The van der Waals surface area contributed by atoms with Crippen molar-refractivity contribution >= 4 is 23.3 Å². The number of benzene rings is 1. The van der Waals surface area contributed by atoms with Gasteiger partial charge in [0.1, 0.15) is 0 Å². The Morgan fingerprint density at radius 1 is 1.50 bits per heavy atom. The van der Waals surface area contributed by atoms with Crippen LogP contribution in [0.15, 0.2) is 18.2 Å². The minimum Gasteiger partial charge on any atom is -0.478 e. The third-order valence-corrected chi connectivity index (χ3v) is 2.54. The maximum absolute atomic E-state index is 11.1. The van der Waals surface area contributed by atoms with E-state index in [9.17, 15) is 4.79 Å². The molecule has 0 spiro atoms. The molecule has 16 heavy (non-hydrogen) atoms. The summed E-state index contributed by atoms with van der Waals surface area (Å²) in [6, 6.07) is 4.93. The Bertz CT molecular complexity index is 391. The standard InChI is InChI=1S/C12H16ClNO2/c1-8(2)7-14(3)11-9(12(15)16)5-4-6-10(11)13/h4-6,8H,7H2,1-3H3,(H,15,16). The smallest absolute Gasteiger partial charge is 0.337 e. The molecule has 0 aromatic heterocycles. The van der Waals surface area contributed by atoms with Crippen LogP contribution in [0.4, 0.5) is 5.69 Å². The van der Waals surface area contributed by atoms with Crippen molar-refractivity contribution in [2.75, 3.05) is 18.5 Å². The highest BCUT2D eigenvalue weighted by atomic mass is 35.5. The number of rotatable bonds is 4. The lowest BCUT2D eigenvalue weighted by Crippen LogP contribution is -2.24. The minimum absolute atomic E-state index is 0.246. The minimum atomic E-state index is -0.951. The molecular formula is C12H16ClNO2. The summed E-state index contributed by atoms with van der Waals surface area (Å²) in [6.45, 7) is 4.92. The Hall–Kier alpha value is -1.22. The summed E-state index contributed by atoms with van der Waals surface area (Å²) >= 11 is 6.05. The molecule has 0 bridgehead atoms. The highest BCUT2D eigenvalue weighted by molar-refractivity contribution is 6.34. The van der Waals surface area contributed by atoms with Crippen molar-refractivity contribution in [1.29, 1.82) is 0 Å². The van der Waals surface area contributed by atoms with Crippen LogP contribution in [0.1, 0.15) is 24.2 Å². The van der Waals surface area contributed by atoms with Gasteiger partial charge in [0.25, 0.3) is 0 Å². The van der Waals surface area contributed by atoms with Crippen molar-refractivity contribution in [2.45, 2.75) is 13.8 Å². The first kappa shape index (κ1) is 12.8. The number of aromatic carboxylic acids is 1. The number of carboxylic acid groups (broad SMARTS) is 1. The second-order valence-corrected chi connectivity index (χ2v) is 4.62. The lowest BCUT2D eigenvalue weighted by atomic mass is 10.1. The number of carbonyl (C=O) groups is 1. The summed E-state index contributed by atoms with van der Waals surface area (Å²) in [5.41, 5.74) is 0.834. The van der Waals surface area contributed by atoms with Gasteiger partial charge in [-0.1, -0.05) is 31.5 Å². The number of para-hydroxylation sites is 1. The van der Waals surface area contributed by atoms with Gasteiger partial charge in [-0.15, -0.1) is 0 Å². The molecule has 4 heteroatoms. The highest BCUT2D eigenvalue weighted by Crippen LogP contribution is 2.29. The van der Waals surface area contributed by atoms with Crippen molar-refractivity contribution in [2.24, 2.45) is 5.92 Å². The normalized spacial score (nSPS) is 10.6. The van der Waals surface area contributed by atoms with Gasteiger partial charge in [0.2, 0.25) is 0 Å². The molecule has 0 radical (unpaired) electrons. The average Bonchev–Trinajstić information content (AvgIpc) is 2.15. The van der Waals surface area contributed by atoms with Gasteiger partial charge in [0.15, 0.2) is 0 Å². The molecule has 1 aromatic carbocycles. The third kappa shape index (κ3) is 2.89.